The number of thioether (sulfide) groups is 1. The lowest BCUT2D eigenvalue weighted by atomic mass is 10.0. The summed E-state index contributed by atoms with van der Waals surface area (Å²) < 4.78 is 4.42. The van der Waals surface area contributed by atoms with Gasteiger partial charge >= 0.3 is 5.97 Å². The number of carbonyl (C=O) groups is 1. The van der Waals surface area contributed by atoms with Crippen molar-refractivity contribution in [2.75, 3.05) is 12.9 Å². The molecule has 0 saturated heterocycles. The van der Waals surface area contributed by atoms with E-state index < -0.39 is 10.7 Å². The largest absolute Gasteiger partial charge is 0.494 e. The van der Waals surface area contributed by atoms with E-state index in [0.717, 1.165) is 11.3 Å². The summed E-state index contributed by atoms with van der Waals surface area (Å²) in [6.07, 6.45) is 1.80. The van der Waals surface area contributed by atoms with Crippen LogP contribution in [0, 0.1) is 0 Å². The van der Waals surface area contributed by atoms with Gasteiger partial charge in [-0.1, -0.05) is 12.1 Å². The van der Waals surface area contributed by atoms with Crippen LogP contribution < -0.4 is 4.74 Å². The Hall–Kier alpha value is -1.16. The third-order valence-electron chi connectivity index (χ3n) is 2.53. The minimum absolute atomic E-state index is 0.609. The first-order chi connectivity index (χ1) is 7.54. The summed E-state index contributed by atoms with van der Waals surface area (Å²) in [4.78, 5) is 11.2. The third kappa shape index (κ3) is 2.50. The zero-order valence-corrected chi connectivity index (χ0v) is 10.5. The minimum atomic E-state index is -0.898. The molecule has 0 aromatic heterocycles. The lowest BCUT2D eigenvalue weighted by Gasteiger charge is -2.22. The van der Waals surface area contributed by atoms with Crippen LogP contribution in [0.15, 0.2) is 24.3 Å². The number of carboxylic acid groups (broad SMARTS) is 1. The van der Waals surface area contributed by atoms with Crippen molar-refractivity contribution in [3.8, 4) is 5.75 Å². The molecule has 0 aliphatic heterocycles. The van der Waals surface area contributed by atoms with Gasteiger partial charge in [-0.15, -0.1) is 11.8 Å². The van der Waals surface area contributed by atoms with Crippen LogP contribution in [-0.2, 0) is 9.54 Å². The summed E-state index contributed by atoms with van der Waals surface area (Å²) in [6.45, 7) is 4.23. The molecule has 4 heteroatoms. The standard InChI is InChI=1S/C12H16O3S/c1-4-15-10-7-5-9(6-8-10)12(2,16-3)11(13)14/h5-8H,4H2,1-3H3,(H,13,14). The van der Waals surface area contributed by atoms with Crippen molar-refractivity contribution in [1.82, 2.24) is 0 Å². The van der Waals surface area contributed by atoms with Gasteiger partial charge in [0.1, 0.15) is 10.5 Å². The van der Waals surface area contributed by atoms with Crippen LogP contribution in [0.4, 0.5) is 0 Å². The molecular formula is C12H16O3S. The van der Waals surface area contributed by atoms with E-state index in [-0.39, 0.29) is 0 Å². The van der Waals surface area contributed by atoms with Gasteiger partial charge in [-0.3, -0.25) is 4.79 Å². The average molecular weight is 240 g/mol. The summed E-state index contributed by atoms with van der Waals surface area (Å²) in [7, 11) is 0. The van der Waals surface area contributed by atoms with Crippen LogP contribution in [0.5, 0.6) is 5.75 Å². The molecule has 0 radical (unpaired) electrons. The molecule has 1 atom stereocenters. The van der Waals surface area contributed by atoms with Gasteiger partial charge in [0.2, 0.25) is 0 Å². The van der Waals surface area contributed by atoms with Gasteiger partial charge in [0.25, 0.3) is 0 Å². The van der Waals surface area contributed by atoms with E-state index in [4.69, 9.17) is 4.74 Å². The fourth-order valence-electron chi connectivity index (χ4n) is 1.36. The van der Waals surface area contributed by atoms with Crippen LogP contribution in [0.2, 0.25) is 0 Å². The molecular weight excluding hydrogens is 224 g/mol. The van der Waals surface area contributed by atoms with Crippen LogP contribution in [0.1, 0.15) is 19.4 Å². The van der Waals surface area contributed by atoms with Crippen LogP contribution in [-0.4, -0.2) is 23.9 Å². The van der Waals surface area contributed by atoms with Crippen LogP contribution >= 0.6 is 11.8 Å². The van der Waals surface area contributed by atoms with Gasteiger partial charge in [0.15, 0.2) is 0 Å². The van der Waals surface area contributed by atoms with E-state index in [0.29, 0.717) is 6.61 Å². The molecule has 88 valence electrons. The highest BCUT2D eigenvalue weighted by Crippen LogP contribution is 2.35. The van der Waals surface area contributed by atoms with Crippen molar-refractivity contribution in [3.05, 3.63) is 29.8 Å². The van der Waals surface area contributed by atoms with Crippen molar-refractivity contribution >= 4 is 17.7 Å². The van der Waals surface area contributed by atoms with Crippen LogP contribution in [0.3, 0.4) is 0 Å². The van der Waals surface area contributed by atoms with Crippen molar-refractivity contribution in [1.29, 1.82) is 0 Å². The van der Waals surface area contributed by atoms with E-state index >= 15 is 0 Å². The molecule has 3 nitrogen and oxygen atoms in total. The molecule has 1 aromatic rings. The molecule has 1 aromatic carbocycles. The number of carboxylic acids is 1. The summed E-state index contributed by atoms with van der Waals surface area (Å²) in [5, 5.41) is 9.21. The molecule has 1 rings (SSSR count). The number of hydrogen-bond donors (Lipinski definition) is 1. The topological polar surface area (TPSA) is 46.5 Å². The Balaban J connectivity index is 2.99. The SMILES string of the molecule is CCOc1ccc(C(C)(SC)C(=O)O)cc1. The van der Waals surface area contributed by atoms with E-state index in [9.17, 15) is 9.90 Å². The van der Waals surface area contributed by atoms with E-state index in [1.54, 1.807) is 37.4 Å². The monoisotopic (exact) mass is 240 g/mol. The number of ether oxygens (including phenoxy) is 1. The molecule has 0 aliphatic rings. The Kier molecular flexibility index (Phi) is 4.24. The second-order valence-corrected chi connectivity index (χ2v) is 4.72. The Morgan fingerprint density at radius 3 is 2.38 bits per heavy atom. The first kappa shape index (κ1) is 12.9. The quantitative estimate of drug-likeness (QED) is 0.859. The Bertz CT molecular complexity index is 361. The third-order valence-corrected chi connectivity index (χ3v) is 3.76. The van der Waals surface area contributed by atoms with Crippen molar-refractivity contribution < 1.29 is 14.6 Å². The van der Waals surface area contributed by atoms with Crippen LogP contribution in [0.25, 0.3) is 0 Å². The van der Waals surface area contributed by atoms with Crippen molar-refractivity contribution in [2.24, 2.45) is 0 Å². The molecule has 0 amide bonds. The highest BCUT2D eigenvalue weighted by atomic mass is 32.2. The fraction of sp³-hybridized carbons (Fsp3) is 0.417. The second kappa shape index (κ2) is 5.25. The Morgan fingerprint density at radius 1 is 1.44 bits per heavy atom. The fourth-order valence-corrected chi connectivity index (χ4v) is 1.91. The smallest absolute Gasteiger partial charge is 0.324 e. The molecule has 0 aliphatic carbocycles. The molecule has 0 fully saturated rings. The highest BCUT2D eigenvalue weighted by molar-refractivity contribution is 8.00. The highest BCUT2D eigenvalue weighted by Gasteiger charge is 2.34. The predicted octanol–water partition coefficient (Wildman–Crippen LogP) is 2.75. The van der Waals surface area contributed by atoms with Gasteiger partial charge in [0, 0.05) is 0 Å². The summed E-state index contributed by atoms with van der Waals surface area (Å²) in [5.74, 6) is -0.0655. The summed E-state index contributed by atoms with van der Waals surface area (Å²) >= 11 is 1.31. The first-order valence-electron chi connectivity index (χ1n) is 5.06. The van der Waals surface area contributed by atoms with Crippen molar-refractivity contribution in [2.45, 2.75) is 18.6 Å². The van der Waals surface area contributed by atoms with Gasteiger partial charge in [-0.2, -0.15) is 0 Å². The number of rotatable bonds is 5. The van der Waals surface area contributed by atoms with Gasteiger partial charge in [-0.25, -0.2) is 0 Å². The first-order valence-corrected chi connectivity index (χ1v) is 6.29. The maximum atomic E-state index is 11.2. The van der Waals surface area contributed by atoms with E-state index in [2.05, 4.69) is 0 Å². The number of hydrogen-bond acceptors (Lipinski definition) is 3. The van der Waals surface area contributed by atoms with Gasteiger partial charge in [0.05, 0.1) is 6.61 Å². The van der Waals surface area contributed by atoms with Crippen molar-refractivity contribution in [3.63, 3.8) is 0 Å². The molecule has 0 spiro atoms. The lowest BCUT2D eigenvalue weighted by Crippen LogP contribution is -2.28. The maximum Gasteiger partial charge on any atom is 0.324 e. The Labute approximate surface area is 99.8 Å². The second-order valence-electron chi connectivity index (χ2n) is 3.50. The molecule has 0 saturated carbocycles. The van der Waals surface area contributed by atoms with Gasteiger partial charge < -0.3 is 9.84 Å². The average Bonchev–Trinajstić information content (AvgIpc) is 2.29. The Morgan fingerprint density at radius 2 is 2.00 bits per heavy atom. The molecule has 0 heterocycles. The predicted molar refractivity (Wildman–Crippen MR) is 66.1 cm³/mol. The van der Waals surface area contributed by atoms with E-state index in [1.165, 1.54) is 11.8 Å². The zero-order chi connectivity index (χ0) is 12.2. The summed E-state index contributed by atoms with van der Waals surface area (Å²) in [5.41, 5.74) is 0.774. The number of aliphatic carboxylic acids is 1. The van der Waals surface area contributed by atoms with E-state index in [1.807, 2.05) is 6.92 Å². The zero-order valence-electron chi connectivity index (χ0n) is 9.69. The molecule has 16 heavy (non-hydrogen) atoms. The van der Waals surface area contributed by atoms with Gasteiger partial charge in [-0.05, 0) is 37.8 Å². The minimum Gasteiger partial charge on any atom is -0.494 e. The number of benzene rings is 1. The lowest BCUT2D eigenvalue weighted by molar-refractivity contribution is -0.139. The molecule has 1 unspecified atom stereocenters. The normalized spacial score (nSPS) is 14.2. The maximum absolute atomic E-state index is 11.2. The summed E-state index contributed by atoms with van der Waals surface area (Å²) in [6, 6.07) is 7.21. The molecule has 0 bridgehead atoms. The molecule has 1 N–H and O–H groups in total.